The second-order valence-electron chi connectivity index (χ2n) is 6.08. The van der Waals surface area contributed by atoms with Crippen LogP contribution in [0, 0.1) is 0 Å². The molecule has 0 aromatic carbocycles. The normalized spacial score (nSPS) is 18.9. The first-order valence-electron chi connectivity index (χ1n) is 7.33. The maximum atomic E-state index is 5.57. The van der Waals surface area contributed by atoms with Gasteiger partial charge in [-0.05, 0) is 39.8 Å². The number of nitrogens with zero attached hydrogens (tertiary/aromatic N) is 2. The molecule has 1 N–H and O–H groups in total. The molecular formula is C15H27N3O. The number of nitrogens with one attached hydrogen (secondary N) is 1. The quantitative estimate of drug-likeness (QED) is 0.859. The lowest BCUT2D eigenvalue weighted by Gasteiger charge is -2.32. The maximum Gasteiger partial charge on any atom is 0.0778 e. The van der Waals surface area contributed by atoms with Gasteiger partial charge in [0.05, 0.1) is 17.3 Å². The first kappa shape index (κ1) is 14.5. The van der Waals surface area contributed by atoms with Crippen molar-refractivity contribution in [3.05, 3.63) is 18.0 Å². The van der Waals surface area contributed by atoms with E-state index in [2.05, 4.69) is 36.1 Å². The standard InChI is InChI=1S/C15H27N3O/c1-15(2,19-4)14(16-3)11-12-9-10-18(17-12)13-7-5-6-8-13/h9-10,13-14,16H,5-8,11H2,1-4H3. The predicted molar refractivity (Wildman–Crippen MR) is 77.4 cm³/mol. The summed E-state index contributed by atoms with van der Waals surface area (Å²) < 4.78 is 7.73. The van der Waals surface area contributed by atoms with Gasteiger partial charge in [0.2, 0.25) is 0 Å². The summed E-state index contributed by atoms with van der Waals surface area (Å²) in [6.45, 7) is 4.23. The number of likely N-dealkylation sites (N-methyl/N-ethyl adjacent to an activating group) is 1. The van der Waals surface area contributed by atoms with Crippen molar-refractivity contribution in [3.8, 4) is 0 Å². The Morgan fingerprint density at radius 2 is 2.16 bits per heavy atom. The largest absolute Gasteiger partial charge is 0.377 e. The van der Waals surface area contributed by atoms with Gasteiger partial charge in [-0.2, -0.15) is 5.10 Å². The lowest BCUT2D eigenvalue weighted by Crippen LogP contribution is -2.48. The molecule has 0 radical (unpaired) electrons. The Bertz CT molecular complexity index is 394. The van der Waals surface area contributed by atoms with Gasteiger partial charge in [0.15, 0.2) is 0 Å². The van der Waals surface area contributed by atoms with Gasteiger partial charge >= 0.3 is 0 Å². The Labute approximate surface area is 116 Å². The van der Waals surface area contributed by atoms with Crippen molar-refractivity contribution >= 4 is 0 Å². The summed E-state index contributed by atoms with van der Waals surface area (Å²) in [5.74, 6) is 0. The lowest BCUT2D eigenvalue weighted by molar-refractivity contribution is -0.00825. The van der Waals surface area contributed by atoms with Gasteiger partial charge in [-0.1, -0.05) is 12.8 Å². The highest BCUT2D eigenvalue weighted by molar-refractivity contribution is 5.05. The summed E-state index contributed by atoms with van der Waals surface area (Å²) >= 11 is 0. The van der Waals surface area contributed by atoms with Crippen molar-refractivity contribution in [2.24, 2.45) is 0 Å². The molecule has 0 spiro atoms. The first-order valence-corrected chi connectivity index (χ1v) is 7.33. The van der Waals surface area contributed by atoms with Gasteiger partial charge in [0.1, 0.15) is 0 Å². The molecule has 2 rings (SSSR count). The molecule has 1 fully saturated rings. The van der Waals surface area contributed by atoms with E-state index in [9.17, 15) is 0 Å². The Morgan fingerprint density at radius 1 is 1.47 bits per heavy atom. The Morgan fingerprint density at radius 3 is 2.74 bits per heavy atom. The van der Waals surface area contributed by atoms with E-state index in [1.54, 1.807) is 7.11 Å². The second-order valence-corrected chi connectivity index (χ2v) is 6.08. The smallest absolute Gasteiger partial charge is 0.0778 e. The van der Waals surface area contributed by atoms with Crippen molar-refractivity contribution in [2.45, 2.75) is 63.6 Å². The highest BCUT2D eigenvalue weighted by Gasteiger charge is 2.29. The van der Waals surface area contributed by atoms with Crippen LogP contribution in [0.3, 0.4) is 0 Å². The zero-order valence-electron chi connectivity index (χ0n) is 12.6. The van der Waals surface area contributed by atoms with E-state index in [1.165, 1.54) is 25.7 Å². The van der Waals surface area contributed by atoms with Gasteiger partial charge in [-0.15, -0.1) is 0 Å². The van der Waals surface area contributed by atoms with Gasteiger partial charge in [-0.3, -0.25) is 4.68 Å². The van der Waals surface area contributed by atoms with E-state index >= 15 is 0 Å². The van der Waals surface area contributed by atoms with Gasteiger partial charge in [0, 0.05) is 25.8 Å². The van der Waals surface area contributed by atoms with Crippen molar-refractivity contribution in [2.75, 3.05) is 14.2 Å². The zero-order chi connectivity index (χ0) is 13.9. The van der Waals surface area contributed by atoms with Crippen LogP contribution in [-0.4, -0.2) is 35.6 Å². The van der Waals surface area contributed by atoms with Crippen LogP contribution in [0.5, 0.6) is 0 Å². The molecule has 1 aromatic rings. The minimum atomic E-state index is -0.189. The lowest BCUT2D eigenvalue weighted by atomic mass is 9.94. The summed E-state index contributed by atoms with van der Waals surface area (Å²) in [6, 6.07) is 3.04. The zero-order valence-corrected chi connectivity index (χ0v) is 12.6. The molecule has 0 bridgehead atoms. The number of aromatic nitrogens is 2. The second kappa shape index (κ2) is 6.06. The SMILES string of the molecule is CNC(Cc1ccn(C2CCCC2)n1)C(C)(C)OC. The summed E-state index contributed by atoms with van der Waals surface area (Å²) in [4.78, 5) is 0. The number of hydrogen-bond acceptors (Lipinski definition) is 3. The van der Waals surface area contributed by atoms with Crippen molar-refractivity contribution in [3.63, 3.8) is 0 Å². The van der Waals surface area contributed by atoms with E-state index in [1.807, 2.05) is 7.05 Å². The predicted octanol–water partition coefficient (Wildman–Crippen LogP) is 2.55. The molecule has 1 unspecified atom stereocenters. The molecule has 1 saturated carbocycles. The minimum Gasteiger partial charge on any atom is -0.377 e. The van der Waals surface area contributed by atoms with E-state index in [0.29, 0.717) is 6.04 Å². The summed E-state index contributed by atoms with van der Waals surface area (Å²) in [5.41, 5.74) is 0.961. The average Bonchev–Trinajstić information content (AvgIpc) is 3.06. The van der Waals surface area contributed by atoms with Crippen LogP contribution in [0.25, 0.3) is 0 Å². The third kappa shape index (κ3) is 3.37. The summed E-state index contributed by atoms with van der Waals surface area (Å²) in [5, 5.41) is 8.10. The van der Waals surface area contributed by atoms with E-state index in [4.69, 9.17) is 9.84 Å². The molecule has 1 aromatic heterocycles. The monoisotopic (exact) mass is 265 g/mol. The number of methoxy groups -OCH3 is 1. The molecule has 1 atom stereocenters. The summed E-state index contributed by atoms with van der Waals surface area (Å²) in [7, 11) is 3.75. The fourth-order valence-electron chi connectivity index (χ4n) is 2.91. The molecule has 0 amide bonds. The van der Waals surface area contributed by atoms with Crippen LogP contribution in [-0.2, 0) is 11.2 Å². The third-order valence-electron chi connectivity index (χ3n) is 4.49. The Kier molecular flexibility index (Phi) is 4.63. The third-order valence-corrected chi connectivity index (χ3v) is 4.49. The van der Waals surface area contributed by atoms with E-state index in [-0.39, 0.29) is 11.6 Å². The first-order chi connectivity index (χ1) is 9.06. The van der Waals surface area contributed by atoms with Crippen LogP contribution in [0.2, 0.25) is 0 Å². The minimum absolute atomic E-state index is 0.189. The molecule has 1 aliphatic carbocycles. The molecule has 108 valence electrons. The molecule has 4 heteroatoms. The highest BCUT2D eigenvalue weighted by atomic mass is 16.5. The average molecular weight is 265 g/mol. The van der Waals surface area contributed by atoms with E-state index in [0.717, 1.165) is 12.1 Å². The molecule has 0 saturated heterocycles. The maximum absolute atomic E-state index is 5.57. The number of ether oxygens (including phenoxy) is 1. The molecular weight excluding hydrogens is 238 g/mol. The number of rotatable bonds is 6. The Balaban J connectivity index is 2.02. The fourth-order valence-corrected chi connectivity index (χ4v) is 2.91. The molecule has 1 aliphatic rings. The van der Waals surface area contributed by atoms with Crippen molar-refractivity contribution < 1.29 is 4.74 Å². The molecule has 1 heterocycles. The van der Waals surface area contributed by atoms with Crippen molar-refractivity contribution in [1.29, 1.82) is 0 Å². The van der Waals surface area contributed by atoms with Gasteiger partial charge < -0.3 is 10.1 Å². The van der Waals surface area contributed by atoms with Crippen molar-refractivity contribution in [1.82, 2.24) is 15.1 Å². The fraction of sp³-hybridized carbons (Fsp3) is 0.800. The molecule has 19 heavy (non-hydrogen) atoms. The summed E-state index contributed by atoms with van der Waals surface area (Å²) in [6.07, 6.45) is 8.28. The van der Waals surface area contributed by atoms with Gasteiger partial charge in [0.25, 0.3) is 0 Å². The number of hydrogen-bond donors (Lipinski definition) is 1. The van der Waals surface area contributed by atoms with E-state index < -0.39 is 0 Å². The molecule has 4 nitrogen and oxygen atoms in total. The van der Waals surface area contributed by atoms with Gasteiger partial charge in [-0.25, -0.2) is 0 Å². The van der Waals surface area contributed by atoms with Crippen LogP contribution in [0.4, 0.5) is 0 Å². The highest BCUT2D eigenvalue weighted by Crippen LogP contribution is 2.29. The van der Waals surface area contributed by atoms with Crippen LogP contribution in [0.15, 0.2) is 12.3 Å². The molecule has 0 aliphatic heterocycles. The van der Waals surface area contributed by atoms with Crippen LogP contribution < -0.4 is 5.32 Å². The van der Waals surface area contributed by atoms with Crippen LogP contribution >= 0.6 is 0 Å². The topological polar surface area (TPSA) is 39.1 Å². The Hall–Kier alpha value is -0.870. The van der Waals surface area contributed by atoms with Crippen LogP contribution in [0.1, 0.15) is 51.3 Å².